The largest absolute Gasteiger partial charge is 0.480 e. The lowest BCUT2D eigenvalue weighted by Crippen LogP contribution is -2.37. The summed E-state index contributed by atoms with van der Waals surface area (Å²) in [6.45, 7) is 0.599. The number of thioether (sulfide) groups is 1. The third-order valence-electron chi connectivity index (χ3n) is 2.90. The predicted molar refractivity (Wildman–Crippen MR) is 64.5 cm³/mol. The fourth-order valence-electron chi connectivity index (χ4n) is 1.58. The molecule has 0 heterocycles. The Morgan fingerprint density at radius 3 is 2.50 bits per heavy atom. The number of rotatable bonds is 8. The maximum absolute atomic E-state index is 11.6. The predicted octanol–water partition coefficient (Wildman–Crippen LogP) is 1.50. The summed E-state index contributed by atoms with van der Waals surface area (Å²) < 4.78 is 0. The van der Waals surface area contributed by atoms with Crippen molar-refractivity contribution in [3.8, 4) is 0 Å². The number of carboxylic acid groups (broad SMARTS) is 1. The molecule has 5 heteroatoms. The lowest BCUT2D eigenvalue weighted by Gasteiger charge is -2.10. The molecule has 0 bridgehead atoms. The average molecular weight is 245 g/mol. The Labute approximate surface area is 100 Å². The SMILES string of the molecule is CSCCCCCNC(=O)C1(C(=O)O)CC1. The van der Waals surface area contributed by atoms with Gasteiger partial charge in [-0.05, 0) is 37.7 Å². The van der Waals surface area contributed by atoms with E-state index in [1.165, 1.54) is 0 Å². The maximum atomic E-state index is 11.6. The summed E-state index contributed by atoms with van der Waals surface area (Å²) in [4.78, 5) is 22.4. The molecule has 16 heavy (non-hydrogen) atoms. The van der Waals surface area contributed by atoms with Crippen molar-refractivity contribution in [1.29, 1.82) is 0 Å². The highest BCUT2D eigenvalue weighted by Crippen LogP contribution is 2.45. The van der Waals surface area contributed by atoms with Crippen LogP contribution in [0.25, 0.3) is 0 Å². The molecule has 1 amide bonds. The number of aliphatic carboxylic acids is 1. The molecule has 0 radical (unpaired) electrons. The van der Waals surface area contributed by atoms with Gasteiger partial charge in [0.15, 0.2) is 0 Å². The van der Waals surface area contributed by atoms with Gasteiger partial charge in [-0.1, -0.05) is 6.42 Å². The van der Waals surface area contributed by atoms with Crippen LogP contribution in [0.3, 0.4) is 0 Å². The Balaban J connectivity index is 2.10. The Morgan fingerprint density at radius 1 is 1.31 bits per heavy atom. The smallest absolute Gasteiger partial charge is 0.319 e. The summed E-state index contributed by atoms with van der Waals surface area (Å²) in [7, 11) is 0. The zero-order valence-corrected chi connectivity index (χ0v) is 10.4. The summed E-state index contributed by atoms with van der Waals surface area (Å²) in [5.41, 5.74) is -1.08. The molecule has 1 saturated carbocycles. The number of hydrogen-bond acceptors (Lipinski definition) is 3. The normalized spacial score (nSPS) is 16.8. The lowest BCUT2D eigenvalue weighted by molar-refractivity contribution is -0.149. The van der Waals surface area contributed by atoms with E-state index in [9.17, 15) is 9.59 Å². The highest BCUT2D eigenvalue weighted by Gasteiger charge is 2.56. The molecule has 0 saturated heterocycles. The number of amides is 1. The van der Waals surface area contributed by atoms with Gasteiger partial charge >= 0.3 is 5.97 Å². The fraction of sp³-hybridized carbons (Fsp3) is 0.818. The van der Waals surface area contributed by atoms with Crippen LogP contribution >= 0.6 is 11.8 Å². The summed E-state index contributed by atoms with van der Waals surface area (Å²) in [5.74, 6) is -0.134. The number of nitrogens with one attached hydrogen (secondary N) is 1. The van der Waals surface area contributed by atoms with E-state index in [4.69, 9.17) is 5.11 Å². The highest BCUT2D eigenvalue weighted by atomic mass is 32.2. The van der Waals surface area contributed by atoms with Crippen molar-refractivity contribution in [3.05, 3.63) is 0 Å². The molecule has 0 atom stereocenters. The second-order valence-electron chi connectivity index (χ2n) is 4.20. The molecule has 0 aromatic rings. The van der Waals surface area contributed by atoms with E-state index in [2.05, 4.69) is 11.6 Å². The number of carbonyl (C=O) groups is 2. The molecule has 0 aromatic heterocycles. The Hall–Kier alpha value is -0.710. The van der Waals surface area contributed by atoms with Gasteiger partial charge < -0.3 is 10.4 Å². The van der Waals surface area contributed by atoms with Crippen LogP contribution in [0.5, 0.6) is 0 Å². The molecule has 0 unspecified atom stereocenters. The topological polar surface area (TPSA) is 66.4 Å². The average Bonchev–Trinajstić information content (AvgIpc) is 3.03. The minimum atomic E-state index is -1.08. The molecule has 0 spiro atoms. The van der Waals surface area contributed by atoms with Gasteiger partial charge in [0.2, 0.25) is 5.91 Å². The molecule has 1 aliphatic rings. The van der Waals surface area contributed by atoms with Crippen molar-refractivity contribution < 1.29 is 14.7 Å². The van der Waals surface area contributed by atoms with Gasteiger partial charge in [0.05, 0.1) is 0 Å². The summed E-state index contributed by atoms with van der Waals surface area (Å²) >= 11 is 1.82. The molecule has 1 aliphatic carbocycles. The summed E-state index contributed by atoms with van der Waals surface area (Å²) in [6, 6.07) is 0. The number of unbranched alkanes of at least 4 members (excludes halogenated alkanes) is 2. The highest BCUT2D eigenvalue weighted by molar-refractivity contribution is 7.98. The number of carbonyl (C=O) groups excluding carboxylic acids is 1. The molecule has 1 fully saturated rings. The van der Waals surface area contributed by atoms with E-state index in [0.717, 1.165) is 25.0 Å². The van der Waals surface area contributed by atoms with Gasteiger partial charge in [0, 0.05) is 6.54 Å². The first-order valence-electron chi connectivity index (χ1n) is 5.64. The van der Waals surface area contributed by atoms with Crippen LogP contribution in [0.2, 0.25) is 0 Å². The van der Waals surface area contributed by atoms with Crippen molar-refractivity contribution >= 4 is 23.6 Å². The Bertz CT molecular complexity index is 264. The summed E-state index contributed by atoms with van der Waals surface area (Å²) in [5, 5.41) is 11.6. The second kappa shape index (κ2) is 6.13. The molecular formula is C11H19NO3S. The molecule has 0 aliphatic heterocycles. The zero-order valence-electron chi connectivity index (χ0n) is 9.62. The van der Waals surface area contributed by atoms with E-state index < -0.39 is 11.4 Å². The Morgan fingerprint density at radius 2 is 2.00 bits per heavy atom. The minimum absolute atomic E-state index is 0.301. The van der Waals surface area contributed by atoms with Gasteiger partial charge in [-0.2, -0.15) is 11.8 Å². The second-order valence-corrected chi connectivity index (χ2v) is 5.18. The van der Waals surface area contributed by atoms with Crippen LogP contribution in [0, 0.1) is 5.41 Å². The first-order chi connectivity index (χ1) is 7.63. The van der Waals surface area contributed by atoms with Crippen LogP contribution < -0.4 is 5.32 Å². The number of carboxylic acids is 1. The lowest BCUT2D eigenvalue weighted by atomic mass is 10.1. The van der Waals surface area contributed by atoms with Crippen LogP contribution in [-0.4, -0.2) is 35.5 Å². The number of hydrogen-bond donors (Lipinski definition) is 2. The quantitative estimate of drug-likeness (QED) is 0.502. The maximum Gasteiger partial charge on any atom is 0.319 e. The molecule has 92 valence electrons. The van der Waals surface area contributed by atoms with Gasteiger partial charge in [-0.3, -0.25) is 9.59 Å². The van der Waals surface area contributed by atoms with Crippen molar-refractivity contribution in [2.24, 2.45) is 5.41 Å². The van der Waals surface area contributed by atoms with Gasteiger partial charge in [-0.25, -0.2) is 0 Å². The standard InChI is InChI=1S/C11H19NO3S/c1-16-8-4-2-3-7-12-9(13)11(5-6-11)10(14)15/h2-8H2,1H3,(H,12,13)(H,14,15). The van der Waals surface area contributed by atoms with Crippen molar-refractivity contribution in [2.45, 2.75) is 32.1 Å². The minimum Gasteiger partial charge on any atom is -0.480 e. The Kier molecular flexibility index (Phi) is 5.12. The van der Waals surface area contributed by atoms with Crippen LogP contribution in [0.1, 0.15) is 32.1 Å². The first-order valence-corrected chi connectivity index (χ1v) is 7.03. The van der Waals surface area contributed by atoms with Crippen molar-refractivity contribution in [2.75, 3.05) is 18.6 Å². The van der Waals surface area contributed by atoms with Crippen LogP contribution in [-0.2, 0) is 9.59 Å². The zero-order chi connectivity index (χ0) is 12.0. The van der Waals surface area contributed by atoms with Crippen molar-refractivity contribution in [3.63, 3.8) is 0 Å². The van der Waals surface area contributed by atoms with E-state index >= 15 is 0 Å². The molecular weight excluding hydrogens is 226 g/mol. The molecule has 0 aromatic carbocycles. The van der Waals surface area contributed by atoms with E-state index in [1.807, 2.05) is 11.8 Å². The molecule has 1 rings (SSSR count). The van der Waals surface area contributed by atoms with Gasteiger partial charge in [0.1, 0.15) is 5.41 Å². The van der Waals surface area contributed by atoms with Crippen LogP contribution in [0.4, 0.5) is 0 Å². The molecule has 2 N–H and O–H groups in total. The molecule has 4 nitrogen and oxygen atoms in total. The third kappa shape index (κ3) is 3.40. The van der Waals surface area contributed by atoms with Gasteiger partial charge in [-0.15, -0.1) is 0 Å². The third-order valence-corrected chi connectivity index (χ3v) is 3.60. The van der Waals surface area contributed by atoms with E-state index in [-0.39, 0.29) is 5.91 Å². The van der Waals surface area contributed by atoms with E-state index in [0.29, 0.717) is 19.4 Å². The first kappa shape index (κ1) is 13.4. The van der Waals surface area contributed by atoms with Crippen molar-refractivity contribution in [1.82, 2.24) is 5.32 Å². The summed E-state index contributed by atoms with van der Waals surface area (Å²) in [6.07, 6.45) is 6.22. The van der Waals surface area contributed by atoms with E-state index in [1.54, 1.807) is 0 Å². The fourth-order valence-corrected chi connectivity index (χ4v) is 2.08. The monoisotopic (exact) mass is 245 g/mol. The van der Waals surface area contributed by atoms with Crippen LogP contribution in [0.15, 0.2) is 0 Å². The van der Waals surface area contributed by atoms with Gasteiger partial charge in [0.25, 0.3) is 0 Å².